The van der Waals surface area contributed by atoms with E-state index < -0.39 is 23.5 Å². The van der Waals surface area contributed by atoms with Crippen LogP contribution in [0, 0.1) is 11.7 Å². The number of amides is 3. The Morgan fingerprint density at radius 3 is 2.41 bits per heavy atom. The highest BCUT2D eigenvalue weighted by Gasteiger charge is 2.35. The number of carbonyl (C=O) groups excluding carboxylic acids is 3. The Morgan fingerprint density at radius 1 is 1.04 bits per heavy atom. The maximum atomic E-state index is 13.0. The lowest BCUT2D eigenvalue weighted by Crippen LogP contribution is -2.45. The van der Waals surface area contributed by atoms with E-state index in [0.29, 0.717) is 10.7 Å². The van der Waals surface area contributed by atoms with Gasteiger partial charge in [-0.05, 0) is 42.5 Å². The van der Waals surface area contributed by atoms with Gasteiger partial charge in [-0.25, -0.2) is 4.39 Å². The number of rotatable bonds is 3. The minimum absolute atomic E-state index is 0.00808. The molecule has 1 saturated heterocycles. The lowest BCUT2D eigenvalue weighted by atomic mass is 10.1. The van der Waals surface area contributed by atoms with E-state index in [0.717, 1.165) is 0 Å². The summed E-state index contributed by atoms with van der Waals surface area (Å²) in [7, 11) is 0. The third-order valence-electron chi connectivity index (χ3n) is 4.12. The van der Waals surface area contributed by atoms with Crippen LogP contribution >= 0.6 is 23.2 Å². The van der Waals surface area contributed by atoms with Gasteiger partial charge in [0.15, 0.2) is 0 Å². The number of nitrogens with zero attached hydrogens (tertiary/aromatic N) is 1. The Labute approximate surface area is 164 Å². The summed E-state index contributed by atoms with van der Waals surface area (Å²) < 4.78 is 13.0. The summed E-state index contributed by atoms with van der Waals surface area (Å²) in [5.74, 6) is -2.37. The van der Waals surface area contributed by atoms with Crippen molar-refractivity contribution in [2.75, 3.05) is 11.4 Å². The van der Waals surface area contributed by atoms with Gasteiger partial charge < -0.3 is 4.90 Å². The average molecular weight is 410 g/mol. The van der Waals surface area contributed by atoms with E-state index in [2.05, 4.69) is 10.9 Å². The zero-order chi connectivity index (χ0) is 19.6. The number of carbonyl (C=O) groups is 3. The van der Waals surface area contributed by atoms with E-state index in [1.54, 1.807) is 0 Å². The molecule has 1 aliphatic heterocycles. The van der Waals surface area contributed by atoms with Crippen molar-refractivity contribution >= 4 is 46.6 Å². The zero-order valence-corrected chi connectivity index (χ0v) is 15.4. The Hall–Kier alpha value is -2.64. The molecule has 1 atom stereocenters. The fraction of sp³-hybridized carbons (Fsp3) is 0.167. The standard InChI is InChI=1S/C18H14Cl2FN3O3/c19-14-6-1-10(7-15(14)20)17(26)22-23-18(27)11-8-16(25)24(9-11)13-4-2-12(21)3-5-13/h1-7,11H,8-9H2,(H,22,26)(H,23,27)/t11-/m0/s1. The zero-order valence-electron chi connectivity index (χ0n) is 13.8. The quantitative estimate of drug-likeness (QED) is 0.764. The first-order valence-corrected chi connectivity index (χ1v) is 8.72. The number of nitrogens with one attached hydrogen (secondary N) is 2. The van der Waals surface area contributed by atoms with Crippen LogP contribution in [0.25, 0.3) is 0 Å². The van der Waals surface area contributed by atoms with Gasteiger partial charge in [0, 0.05) is 24.2 Å². The first-order chi connectivity index (χ1) is 12.8. The number of halogens is 3. The smallest absolute Gasteiger partial charge is 0.269 e. The third kappa shape index (κ3) is 4.37. The molecule has 0 radical (unpaired) electrons. The van der Waals surface area contributed by atoms with Gasteiger partial charge >= 0.3 is 0 Å². The van der Waals surface area contributed by atoms with Crippen molar-refractivity contribution < 1.29 is 18.8 Å². The molecule has 6 nitrogen and oxygen atoms in total. The van der Waals surface area contributed by atoms with Crippen molar-refractivity contribution in [3.8, 4) is 0 Å². The summed E-state index contributed by atoms with van der Waals surface area (Å²) in [6.45, 7) is 0.138. The Balaban J connectivity index is 1.58. The molecule has 2 aromatic rings. The number of anilines is 1. The molecule has 3 rings (SSSR count). The van der Waals surface area contributed by atoms with Crippen molar-refractivity contribution in [3.05, 3.63) is 63.9 Å². The molecule has 0 saturated carbocycles. The predicted molar refractivity (Wildman–Crippen MR) is 98.9 cm³/mol. The molecule has 1 fully saturated rings. The van der Waals surface area contributed by atoms with Crippen molar-refractivity contribution in [1.82, 2.24) is 10.9 Å². The SMILES string of the molecule is O=C(NNC(=O)[C@H]1CC(=O)N(c2ccc(F)cc2)C1)c1ccc(Cl)c(Cl)c1. The summed E-state index contributed by atoms with van der Waals surface area (Å²) >= 11 is 11.7. The number of hydrogen-bond acceptors (Lipinski definition) is 3. The van der Waals surface area contributed by atoms with Crippen LogP contribution in [0.5, 0.6) is 0 Å². The molecule has 1 heterocycles. The minimum atomic E-state index is -0.642. The van der Waals surface area contributed by atoms with Crippen LogP contribution in [0.1, 0.15) is 16.8 Å². The van der Waals surface area contributed by atoms with Gasteiger partial charge in [-0.15, -0.1) is 0 Å². The fourth-order valence-electron chi connectivity index (χ4n) is 2.68. The molecule has 2 aromatic carbocycles. The summed E-state index contributed by atoms with van der Waals surface area (Å²) in [5.41, 5.74) is 5.32. The van der Waals surface area contributed by atoms with Crippen LogP contribution in [0.3, 0.4) is 0 Å². The van der Waals surface area contributed by atoms with Gasteiger partial charge in [-0.1, -0.05) is 23.2 Å². The molecular weight excluding hydrogens is 396 g/mol. The van der Waals surface area contributed by atoms with Gasteiger partial charge in [-0.3, -0.25) is 25.2 Å². The Bertz CT molecular complexity index is 905. The molecular formula is C18H14Cl2FN3O3. The lowest BCUT2D eigenvalue weighted by Gasteiger charge is -2.16. The van der Waals surface area contributed by atoms with Crippen molar-refractivity contribution in [3.63, 3.8) is 0 Å². The van der Waals surface area contributed by atoms with E-state index in [1.807, 2.05) is 0 Å². The van der Waals surface area contributed by atoms with E-state index in [9.17, 15) is 18.8 Å². The lowest BCUT2D eigenvalue weighted by molar-refractivity contribution is -0.126. The van der Waals surface area contributed by atoms with Gasteiger partial charge in [0.1, 0.15) is 5.82 Å². The molecule has 2 N–H and O–H groups in total. The monoisotopic (exact) mass is 409 g/mol. The van der Waals surface area contributed by atoms with E-state index in [-0.39, 0.29) is 29.5 Å². The Morgan fingerprint density at radius 2 is 1.74 bits per heavy atom. The molecule has 0 aromatic heterocycles. The van der Waals surface area contributed by atoms with Crippen LogP contribution < -0.4 is 15.8 Å². The molecule has 0 aliphatic carbocycles. The largest absolute Gasteiger partial charge is 0.312 e. The van der Waals surface area contributed by atoms with E-state index in [4.69, 9.17) is 23.2 Å². The molecule has 0 spiro atoms. The highest BCUT2D eigenvalue weighted by atomic mass is 35.5. The maximum Gasteiger partial charge on any atom is 0.269 e. The highest BCUT2D eigenvalue weighted by molar-refractivity contribution is 6.42. The summed E-state index contributed by atoms with van der Waals surface area (Å²) in [5, 5.41) is 0.523. The van der Waals surface area contributed by atoms with Crippen molar-refractivity contribution in [1.29, 1.82) is 0 Å². The van der Waals surface area contributed by atoms with Crippen LogP contribution in [-0.4, -0.2) is 24.3 Å². The third-order valence-corrected chi connectivity index (χ3v) is 4.85. The molecule has 3 amide bonds. The molecule has 0 bridgehead atoms. The highest BCUT2D eigenvalue weighted by Crippen LogP contribution is 2.25. The van der Waals surface area contributed by atoms with Crippen LogP contribution in [0.4, 0.5) is 10.1 Å². The summed E-state index contributed by atoms with van der Waals surface area (Å²) in [6, 6.07) is 9.74. The summed E-state index contributed by atoms with van der Waals surface area (Å²) in [4.78, 5) is 37.9. The number of benzene rings is 2. The van der Waals surface area contributed by atoms with Crippen molar-refractivity contribution in [2.45, 2.75) is 6.42 Å². The Kier molecular flexibility index (Phi) is 5.62. The second-order valence-electron chi connectivity index (χ2n) is 5.95. The second kappa shape index (κ2) is 7.94. The normalized spacial score (nSPS) is 16.3. The topological polar surface area (TPSA) is 78.5 Å². The molecule has 1 aliphatic rings. The summed E-state index contributed by atoms with van der Waals surface area (Å²) in [6.07, 6.45) is -0.00808. The van der Waals surface area contributed by atoms with Crippen LogP contribution in [-0.2, 0) is 9.59 Å². The van der Waals surface area contributed by atoms with Gasteiger partial charge in [0.25, 0.3) is 5.91 Å². The number of hydrogen-bond donors (Lipinski definition) is 2. The van der Waals surface area contributed by atoms with Gasteiger partial charge in [0.05, 0.1) is 16.0 Å². The molecule has 140 valence electrons. The first kappa shape index (κ1) is 19.1. The predicted octanol–water partition coefficient (Wildman–Crippen LogP) is 2.95. The second-order valence-corrected chi connectivity index (χ2v) is 6.77. The molecule has 9 heteroatoms. The molecule has 27 heavy (non-hydrogen) atoms. The van der Waals surface area contributed by atoms with Crippen LogP contribution in [0.2, 0.25) is 10.0 Å². The van der Waals surface area contributed by atoms with Gasteiger partial charge in [-0.2, -0.15) is 0 Å². The minimum Gasteiger partial charge on any atom is -0.312 e. The first-order valence-electron chi connectivity index (χ1n) is 7.96. The van der Waals surface area contributed by atoms with E-state index >= 15 is 0 Å². The van der Waals surface area contributed by atoms with Crippen molar-refractivity contribution in [2.24, 2.45) is 5.92 Å². The maximum absolute atomic E-state index is 13.0. The van der Waals surface area contributed by atoms with Gasteiger partial charge in [0.2, 0.25) is 11.8 Å². The number of hydrazine groups is 1. The average Bonchev–Trinajstić information content (AvgIpc) is 3.04. The molecule has 0 unspecified atom stereocenters. The van der Waals surface area contributed by atoms with E-state index in [1.165, 1.54) is 47.4 Å². The fourth-order valence-corrected chi connectivity index (χ4v) is 2.98. The van der Waals surface area contributed by atoms with Crippen LogP contribution in [0.15, 0.2) is 42.5 Å².